The summed E-state index contributed by atoms with van der Waals surface area (Å²) < 4.78 is 5.27. The van der Waals surface area contributed by atoms with E-state index in [9.17, 15) is 4.79 Å². The molecule has 0 aromatic heterocycles. The molecule has 0 spiro atoms. The van der Waals surface area contributed by atoms with Crippen LogP contribution in [0, 0.1) is 0 Å². The first-order chi connectivity index (χ1) is 8.73. The molecular formula is C15H21NO2. The number of ether oxygens (including phenoxy) is 1. The van der Waals surface area contributed by atoms with Crippen LogP contribution in [0.3, 0.4) is 0 Å². The van der Waals surface area contributed by atoms with E-state index in [1.165, 1.54) is 0 Å². The van der Waals surface area contributed by atoms with Crippen LogP contribution in [0.5, 0.6) is 5.75 Å². The zero-order chi connectivity index (χ0) is 13.0. The largest absolute Gasteiger partial charge is 0.497 e. The second-order valence-corrected chi connectivity index (χ2v) is 4.88. The van der Waals surface area contributed by atoms with Crippen LogP contribution in [0.4, 0.5) is 0 Å². The molecule has 0 radical (unpaired) electrons. The molecule has 0 bridgehead atoms. The lowest BCUT2D eigenvalue weighted by Gasteiger charge is -2.30. The van der Waals surface area contributed by atoms with Crippen LogP contribution >= 0.6 is 0 Å². The number of amides is 1. The first-order valence-corrected chi connectivity index (χ1v) is 6.66. The molecule has 1 amide bonds. The van der Waals surface area contributed by atoms with Gasteiger partial charge in [-0.1, -0.05) is 25.5 Å². The van der Waals surface area contributed by atoms with Gasteiger partial charge in [-0.2, -0.15) is 0 Å². The molecular weight excluding hydrogens is 226 g/mol. The summed E-state index contributed by atoms with van der Waals surface area (Å²) in [6.45, 7) is 2.88. The van der Waals surface area contributed by atoms with Gasteiger partial charge in [0.2, 0.25) is 5.91 Å². The minimum atomic E-state index is -0.384. The highest BCUT2D eigenvalue weighted by Crippen LogP contribution is 2.36. The average molecular weight is 247 g/mol. The Morgan fingerprint density at radius 3 is 2.94 bits per heavy atom. The van der Waals surface area contributed by atoms with Crippen LogP contribution in [0.1, 0.15) is 38.2 Å². The number of benzene rings is 1. The van der Waals surface area contributed by atoms with Gasteiger partial charge in [-0.25, -0.2) is 0 Å². The Morgan fingerprint density at radius 2 is 2.22 bits per heavy atom. The average Bonchev–Trinajstić information content (AvgIpc) is 2.61. The summed E-state index contributed by atoms with van der Waals surface area (Å²) in [5, 5.41) is 3.04. The van der Waals surface area contributed by atoms with Crippen LogP contribution in [-0.4, -0.2) is 19.6 Å². The summed E-state index contributed by atoms with van der Waals surface area (Å²) in [5.41, 5.74) is 0.689. The van der Waals surface area contributed by atoms with Crippen molar-refractivity contribution in [3.8, 4) is 5.75 Å². The zero-order valence-corrected chi connectivity index (χ0v) is 11.2. The summed E-state index contributed by atoms with van der Waals surface area (Å²) in [7, 11) is 1.66. The summed E-state index contributed by atoms with van der Waals surface area (Å²) in [6.07, 6.45) is 3.90. The molecule has 18 heavy (non-hydrogen) atoms. The Kier molecular flexibility index (Phi) is 3.90. The molecule has 98 valence electrons. The molecule has 1 aliphatic rings. The fourth-order valence-electron chi connectivity index (χ4n) is 2.77. The molecule has 0 aliphatic carbocycles. The minimum Gasteiger partial charge on any atom is -0.497 e. The Bertz CT molecular complexity index is 430. The van der Waals surface area contributed by atoms with Crippen molar-refractivity contribution in [2.24, 2.45) is 0 Å². The fourth-order valence-corrected chi connectivity index (χ4v) is 2.77. The zero-order valence-electron chi connectivity index (χ0n) is 11.2. The monoisotopic (exact) mass is 247 g/mol. The maximum Gasteiger partial charge on any atom is 0.230 e. The predicted molar refractivity (Wildman–Crippen MR) is 71.8 cm³/mol. The van der Waals surface area contributed by atoms with Crippen molar-refractivity contribution in [1.29, 1.82) is 0 Å². The topological polar surface area (TPSA) is 38.3 Å². The van der Waals surface area contributed by atoms with Gasteiger partial charge in [-0.05, 0) is 37.0 Å². The summed E-state index contributed by atoms with van der Waals surface area (Å²) in [6, 6.07) is 7.91. The van der Waals surface area contributed by atoms with Crippen molar-refractivity contribution in [1.82, 2.24) is 5.32 Å². The van der Waals surface area contributed by atoms with E-state index < -0.39 is 0 Å². The molecule has 1 saturated heterocycles. The van der Waals surface area contributed by atoms with E-state index in [0.717, 1.165) is 43.5 Å². The maximum atomic E-state index is 12.4. The second-order valence-electron chi connectivity index (χ2n) is 4.88. The van der Waals surface area contributed by atoms with Gasteiger partial charge in [-0.3, -0.25) is 4.79 Å². The number of hydrogen-bond donors (Lipinski definition) is 1. The van der Waals surface area contributed by atoms with Gasteiger partial charge in [0.15, 0.2) is 0 Å². The van der Waals surface area contributed by atoms with E-state index in [1.54, 1.807) is 7.11 Å². The molecule has 1 aliphatic heterocycles. The summed E-state index contributed by atoms with van der Waals surface area (Å²) >= 11 is 0. The fraction of sp³-hybridized carbons (Fsp3) is 0.533. The van der Waals surface area contributed by atoms with Crippen LogP contribution in [0.2, 0.25) is 0 Å². The standard InChI is InChI=1S/C15H21NO2/c1-3-15(9-4-5-10-16-14(15)17)12-7-6-8-13(11-12)18-2/h6-8,11H,3-5,9-10H2,1-2H3,(H,16,17). The van der Waals surface area contributed by atoms with Gasteiger partial charge in [-0.15, -0.1) is 0 Å². The first kappa shape index (κ1) is 12.9. The molecule has 1 aromatic carbocycles. The van der Waals surface area contributed by atoms with E-state index in [-0.39, 0.29) is 11.3 Å². The van der Waals surface area contributed by atoms with E-state index in [4.69, 9.17) is 4.74 Å². The smallest absolute Gasteiger partial charge is 0.230 e. The van der Waals surface area contributed by atoms with E-state index >= 15 is 0 Å². The van der Waals surface area contributed by atoms with Crippen LogP contribution < -0.4 is 10.1 Å². The van der Waals surface area contributed by atoms with Crippen molar-refractivity contribution in [2.75, 3.05) is 13.7 Å². The minimum absolute atomic E-state index is 0.163. The molecule has 1 atom stereocenters. The number of hydrogen-bond acceptors (Lipinski definition) is 2. The third-order valence-electron chi connectivity index (χ3n) is 3.98. The number of carbonyl (C=O) groups excluding carboxylic acids is 1. The molecule has 3 heteroatoms. The van der Waals surface area contributed by atoms with E-state index in [1.807, 2.05) is 24.3 Å². The lowest BCUT2D eigenvalue weighted by Crippen LogP contribution is -2.42. The SMILES string of the molecule is CCC1(c2cccc(OC)c2)CCCCNC1=O. The summed E-state index contributed by atoms with van der Waals surface area (Å²) in [4.78, 5) is 12.4. The van der Waals surface area contributed by atoms with E-state index in [2.05, 4.69) is 12.2 Å². The van der Waals surface area contributed by atoms with Crippen molar-refractivity contribution >= 4 is 5.91 Å². The van der Waals surface area contributed by atoms with Gasteiger partial charge < -0.3 is 10.1 Å². The van der Waals surface area contributed by atoms with Crippen molar-refractivity contribution < 1.29 is 9.53 Å². The Hall–Kier alpha value is -1.51. The van der Waals surface area contributed by atoms with Gasteiger partial charge in [0.05, 0.1) is 12.5 Å². The molecule has 2 rings (SSSR count). The summed E-state index contributed by atoms with van der Waals surface area (Å²) in [5.74, 6) is 0.980. The molecule has 1 heterocycles. The van der Waals surface area contributed by atoms with Crippen molar-refractivity contribution in [2.45, 2.75) is 38.0 Å². The molecule has 0 saturated carbocycles. The molecule has 1 fully saturated rings. The van der Waals surface area contributed by atoms with Gasteiger partial charge in [0.1, 0.15) is 5.75 Å². The number of methoxy groups -OCH3 is 1. The Labute approximate surface area is 109 Å². The molecule has 1 aromatic rings. The van der Waals surface area contributed by atoms with E-state index in [0.29, 0.717) is 0 Å². The lowest BCUT2D eigenvalue weighted by atomic mass is 9.74. The van der Waals surface area contributed by atoms with Gasteiger partial charge in [0, 0.05) is 6.54 Å². The van der Waals surface area contributed by atoms with Crippen LogP contribution in [0.15, 0.2) is 24.3 Å². The van der Waals surface area contributed by atoms with Crippen molar-refractivity contribution in [3.05, 3.63) is 29.8 Å². The molecule has 3 nitrogen and oxygen atoms in total. The predicted octanol–water partition coefficient (Wildman–Crippen LogP) is 2.64. The maximum absolute atomic E-state index is 12.4. The van der Waals surface area contributed by atoms with Crippen molar-refractivity contribution in [3.63, 3.8) is 0 Å². The number of carbonyl (C=O) groups is 1. The third-order valence-corrected chi connectivity index (χ3v) is 3.98. The molecule has 1 unspecified atom stereocenters. The highest BCUT2D eigenvalue weighted by atomic mass is 16.5. The molecule has 1 N–H and O–H groups in total. The Morgan fingerprint density at radius 1 is 1.39 bits per heavy atom. The number of nitrogens with one attached hydrogen (secondary N) is 1. The second kappa shape index (κ2) is 5.42. The Balaban J connectivity index is 2.43. The van der Waals surface area contributed by atoms with Crippen LogP contribution in [0.25, 0.3) is 0 Å². The quantitative estimate of drug-likeness (QED) is 0.891. The van der Waals surface area contributed by atoms with Crippen LogP contribution in [-0.2, 0) is 10.2 Å². The van der Waals surface area contributed by atoms with Gasteiger partial charge >= 0.3 is 0 Å². The highest BCUT2D eigenvalue weighted by Gasteiger charge is 2.39. The first-order valence-electron chi connectivity index (χ1n) is 6.66. The highest BCUT2D eigenvalue weighted by molar-refractivity contribution is 5.88. The third kappa shape index (κ3) is 2.22. The van der Waals surface area contributed by atoms with Gasteiger partial charge in [0.25, 0.3) is 0 Å². The lowest BCUT2D eigenvalue weighted by molar-refractivity contribution is -0.126. The normalized spacial score (nSPS) is 24.2. The number of rotatable bonds is 3.